The molecule has 2 unspecified atom stereocenters. The second-order valence-electron chi connectivity index (χ2n) is 8.23. The van der Waals surface area contributed by atoms with Crippen LogP contribution in [0.5, 0.6) is 11.5 Å². The molecule has 0 saturated carbocycles. The van der Waals surface area contributed by atoms with Crippen LogP contribution in [-0.4, -0.2) is 17.8 Å². The molecule has 6 rings (SSSR count). The van der Waals surface area contributed by atoms with Gasteiger partial charge >= 0.3 is 0 Å². The largest absolute Gasteiger partial charge is 0.496 e. The van der Waals surface area contributed by atoms with Gasteiger partial charge in [-0.25, -0.2) is 5.01 Å². The molecule has 4 aromatic carbocycles. The maximum absolute atomic E-state index is 6.59. The Morgan fingerprint density at radius 3 is 2.55 bits per heavy atom. The smallest absolute Gasteiger partial charge is 0.217 e. The van der Waals surface area contributed by atoms with Crippen molar-refractivity contribution in [3.05, 3.63) is 104 Å². The first kappa shape index (κ1) is 20.8. The number of halogens is 2. The van der Waals surface area contributed by atoms with Gasteiger partial charge in [0.15, 0.2) is 0 Å². The number of rotatable bonds is 3. The highest BCUT2D eigenvalue weighted by Crippen LogP contribution is 2.51. The van der Waals surface area contributed by atoms with Crippen LogP contribution in [0.1, 0.15) is 35.4 Å². The zero-order valence-electron chi connectivity index (χ0n) is 17.8. The van der Waals surface area contributed by atoms with Gasteiger partial charge in [-0.3, -0.25) is 0 Å². The van der Waals surface area contributed by atoms with Gasteiger partial charge < -0.3 is 9.47 Å². The summed E-state index contributed by atoms with van der Waals surface area (Å²) in [7, 11) is 1.69. The first-order valence-corrected chi connectivity index (χ1v) is 12.3. The van der Waals surface area contributed by atoms with E-state index in [9.17, 15) is 0 Å². The fraction of sp³-hybridized carbons (Fsp3) is 0.148. The Labute approximate surface area is 209 Å². The Balaban J connectivity index is 1.49. The number of fused-ring (bicyclic) bond motifs is 4. The highest BCUT2D eigenvalue weighted by atomic mass is 79.9. The summed E-state index contributed by atoms with van der Waals surface area (Å²) >= 11 is 7.36. The lowest BCUT2D eigenvalue weighted by molar-refractivity contribution is -0.0210. The van der Waals surface area contributed by atoms with E-state index in [-0.39, 0.29) is 6.04 Å². The number of hydrazone groups is 1. The molecular formula is C27H20Br2N2O2. The number of para-hydroxylation sites is 1. The van der Waals surface area contributed by atoms with E-state index in [0.717, 1.165) is 49.3 Å². The van der Waals surface area contributed by atoms with Crippen LogP contribution in [0.25, 0.3) is 10.8 Å². The van der Waals surface area contributed by atoms with Crippen LogP contribution in [0.4, 0.5) is 0 Å². The maximum atomic E-state index is 6.59. The fourth-order valence-corrected chi connectivity index (χ4v) is 6.09. The van der Waals surface area contributed by atoms with Crippen molar-refractivity contribution in [3.63, 3.8) is 0 Å². The van der Waals surface area contributed by atoms with E-state index in [2.05, 4.69) is 85.4 Å². The number of methoxy groups -OCH3 is 1. The summed E-state index contributed by atoms with van der Waals surface area (Å²) < 4.78 is 14.2. The molecule has 0 aliphatic carbocycles. The molecule has 2 heterocycles. The van der Waals surface area contributed by atoms with E-state index in [1.165, 1.54) is 10.8 Å². The minimum absolute atomic E-state index is 0.0546. The monoisotopic (exact) mass is 562 g/mol. The van der Waals surface area contributed by atoms with E-state index in [1.54, 1.807) is 7.11 Å². The Bertz CT molecular complexity index is 1420. The van der Waals surface area contributed by atoms with Gasteiger partial charge in [0.05, 0.1) is 28.9 Å². The highest BCUT2D eigenvalue weighted by molar-refractivity contribution is 9.11. The molecule has 0 spiro atoms. The van der Waals surface area contributed by atoms with Gasteiger partial charge in [0.1, 0.15) is 11.5 Å². The average molecular weight is 564 g/mol. The maximum Gasteiger partial charge on any atom is 0.217 e. The van der Waals surface area contributed by atoms with Crippen molar-refractivity contribution in [2.75, 3.05) is 7.11 Å². The molecule has 0 amide bonds. The third kappa shape index (κ3) is 3.52. The van der Waals surface area contributed by atoms with Crippen molar-refractivity contribution in [2.24, 2.45) is 5.10 Å². The standard InChI is InChI=1S/C27H20Br2N2O2/c1-32-25-9-5-4-8-20(25)27-31-24(21-13-19(28)14-22(29)26(21)33-27)15-23(30-31)18-11-10-16-6-2-3-7-17(16)12-18/h2-14,24,27H,15H2,1H3. The normalized spacial score (nSPS) is 19.0. The van der Waals surface area contributed by atoms with E-state index < -0.39 is 6.23 Å². The molecule has 2 aliphatic heterocycles. The van der Waals surface area contributed by atoms with Gasteiger partial charge in [-0.15, -0.1) is 0 Å². The predicted molar refractivity (Wildman–Crippen MR) is 138 cm³/mol. The Morgan fingerprint density at radius 2 is 1.70 bits per heavy atom. The molecule has 0 saturated heterocycles. The van der Waals surface area contributed by atoms with Crippen molar-refractivity contribution in [3.8, 4) is 11.5 Å². The molecule has 2 atom stereocenters. The Kier molecular flexibility index (Phi) is 5.15. The van der Waals surface area contributed by atoms with Crippen LogP contribution in [0.15, 0.2) is 92.9 Å². The molecule has 164 valence electrons. The lowest BCUT2D eigenvalue weighted by Gasteiger charge is -2.39. The summed E-state index contributed by atoms with van der Waals surface area (Å²) in [6.45, 7) is 0. The molecule has 0 N–H and O–H groups in total. The lowest BCUT2D eigenvalue weighted by Crippen LogP contribution is -2.34. The molecule has 4 nitrogen and oxygen atoms in total. The van der Waals surface area contributed by atoms with E-state index in [1.807, 2.05) is 30.3 Å². The third-order valence-electron chi connectivity index (χ3n) is 6.30. The fourth-order valence-electron chi connectivity index (χ4n) is 4.73. The Hall–Kier alpha value is -2.83. The van der Waals surface area contributed by atoms with Crippen LogP contribution in [-0.2, 0) is 0 Å². The molecule has 0 bridgehead atoms. The number of hydrogen-bond acceptors (Lipinski definition) is 4. The topological polar surface area (TPSA) is 34.1 Å². The predicted octanol–water partition coefficient (Wildman–Crippen LogP) is 7.62. The van der Waals surface area contributed by atoms with Crippen molar-refractivity contribution in [1.82, 2.24) is 5.01 Å². The van der Waals surface area contributed by atoms with Crippen LogP contribution >= 0.6 is 31.9 Å². The molecule has 33 heavy (non-hydrogen) atoms. The quantitative estimate of drug-likeness (QED) is 0.257. The third-order valence-corrected chi connectivity index (χ3v) is 7.34. The number of nitrogens with zero attached hydrogens (tertiary/aromatic N) is 2. The first-order chi connectivity index (χ1) is 16.1. The van der Waals surface area contributed by atoms with Gasteiger partial charge in [-0.2, -0.15) is 5.10 Å². The van der Waals surface area contributed by atoms with Gasteiger partial charge in [-0.05, 0) is 62.6 Å². The summed E-state index contributed by atoms with van der Waals surface area (Å²) in [6.07, 6.45) is 0.401. The van der Waals surface area contributed by atoms with Crippen molar-refractivity contribution < 1.29 is 9.47 Å². The van der Waals surface area contributed by atoms with Crippen LogP contribution in [0.2, 0.25) is 0 Å². The summed E-state index contributed by atoms with van der Waals surface area (Å²) in [5.41, 5.74) is 4.26. The summed E-state index contributed by atoms with van der Waals surface area (Å²) in [5, 5.41) is 9.65. The van der Waals surface area contributed by atoms with E-state index in [4.69, 9.17) is 14.6 Å². The Morgan fingerprint density at radius 1 is 0.909 bits per heavy atom. The summed E-state index contributed by atoms with van der Waals surface area (Å²) in [4.78, 5) is 0. The second-order valence-corrected chi connectivity index (χ2v) is 10.00. The van der Waals surface area contributed by atoms with Crippen molar-refractivity contribution >= 4 is 48.3 Å². The lowest BCUT2D eigenvalue weighted by atomic mass is 9.95. The first-order valence-electron chi connectivity index (χ1n) is 10.8. The average Bonchev–Trinajstić information content (AvgIpc) is 3.29. The summed E-state index contributed by atoms with van der Waals surface area (Å²) in [5.74, 6) is 1.64. The van der Waals surface area contributed by atoms with Crippen LogP contribution in [0, 0.1) is 0 Å². The minimum Gasteiger partial charge on any atom is -0.496 e. The molecule has 0 radical (unpaired) electrons. The van der Waals surface area contributed by atoms with Crippen molar-refractivity contribution in [1.29, 1.82) is 0 Å². The minimum atomic E-state index is -0.394. The van der Waals surface area contributed by atoms with Gasteiger partial charge in [-0.1, -0.05) is 64.5 Å². The summed E-state index contributed by atoms with van der Waals surface area (Å²) in [6, 6.07) is 27.2. The van der Waals surface area contributed by atoms with Gasteiger partial charge in [0.25, 0.3) is 0 Å². The van der Waals surface area contributed by atoms with Crippen molar-refractivity contribution in [2.45, 2.75) is 18.7 Å². The molecule has 0 fully saturated rings. The van der Waals surface area contributed by atoms with E-state index >= 15 is 0 Å². The number of ether oxygens (including phenoxy) is 2. The number of hydrogen-bond donors (Lipinski definition) is 0. The van der Waals surface area contributed by atoms with E-state index in [0.29, 0.717) is 0 Å². The molecule has 6 heteroatoms. The van der Waals surface area contributed by atoms with Crippen LogP contribution in [0.3, 0.4) is 0 Å². The molecule has 4 aromatic rings. The number of benzene rings is 4. The molecule has 2 aliphatic rings. The molecular weight excluding hydrogens is 544 g/mol. The second kappa shape index (κ2) is 8.19. The van der Waals surface area contributed by atoms with Crippen LogP contribution < -0.4 is 9.47 Å². The SMILES string of the molecule is COc1ccccc1C1Oc2c(Br)cc(Br)cc2C2CC(c3ccc4ccccc4c3)=NN21. The highest BCUT2D eigenvalue weighted by Gasteiger charge is 2.42. The van der Waals surface area contributed by atoms with Gasteiger partial charge in [0, 0.05) is 16.5 Å². The van der Waals surface area contributed by atoms with Gasteiger partial charge in [0.2, 0.25) is 6.23 Å². The molecule has 0 aromatic heterocycles. The zero-order chi connectivity index (χ0) is 22.5. The zero-order valence-corrected chi connectivity index (χ0v) is 21.0.